The molecule has 176 valence electrons. The zero-order valence-corrected chi connectivity index (χ0v) is 19.7. The van der Waals surface area contributed by atoms with Crippen molar-refractivity contribution < 1.29 is 9.53 Å². The van der Waals surface area contributed by atoms with E-state index < -0.39 is 6.10 Å². The third kappa shape index (κ3) is 4.98. The molecule has 6 nitrogen and oxygen atoms in total. The third-order valence-electron chi connectivity index (χ3n) is 6.52. The van der Waals surface area contributed by atoms with Crippen molar-refractivity contribution in [1.29, 1.82) is 0 Å². The van der Waals surface area contributed by atoms with Crippen molar-refractivity contribution in [2.45, 2.75) is 24.9 Å². The minimum absolute atomic E-state index is 0.00641. The number of ether oxygens (including phenoxy) is 1. The number of amides is 1. The number of hydrogen-bond acceptors (Lipinski definition) is 5. The number of likely N-dealkylation sites (tertiary alicyclic amines) is 1. The highest BCUT2D eigenvalue weighted by atomic mass is 16.5. The van der Waals surface area contributed by atoms with Crippen molar-refractivity contribution in [2.75, 3.05) is 20.2 Å². The van der Waals surface area contributed by atoms with Crippen molar-refractivity contribution in [3.8, 4) is 22.5 Å². The fourth-order valence-electron chi connectivity index (χ4n) is 4.76. The highest BCUT2D eigenvalue weighted by Crippen LogP contribution is 2.35. The minimum atomic E-state index is -0.610. The Morgan fingerprint density at radius 3 is 2.40 bits per heavy atom. The molecular weight excluding hydrogens is 436 g/mol. The molecule has 1 aliphatic rings. The molecule has 0 unspecified atom stereocenters. The summed E-state index contributed by atoms with van der Waals surface area (Å²) >= 11 is 0. The van der Waals surface area contributed by atoms with E-state index in [-0.39, 0.29) is 11.8 Å². The average Bonchev–Trinajstić information content (AvgIpc) is 2.95. The maximum atomic E-state index is 13.5. The van der Waals surface area contributed by atoms with E-state index in [2.05, 4.69) is 22.1 Å². The fourth-order valence-corrected chi connectivity index (χ4v) is 4.76. The van der Waals surface area contributed by atoms with Crippen LogP contribution in [0.3, 0.4) is 0 Å². The van der Waals surface area contributed by atoms with E-state index >= 15 is 0 Å². The molecule has 6 heteroatoms. The maximum Gasteiger partial charge on any atom is 0.256 e. The first-order chi connectivity index (χ1) is 17.2. The molecule has 0 spiro atoms. The molecule has 4 aromatic rings. The second-order valence-corrected chi connectivity index (χ2v) is 8.74. The van der Waals surface area contributed by atoms with Gasteiger partial charge in [-0.15, -0.1) is 0 Å². The van der Waals surface area contributed by atoms with Crippen LogP contribution in [0.1, 0.15) is 36.1 Å². The van der Waals surface area contributed by atoms with E-state index in [1.54, 1.807) is 19.5 Å². The standard InChI is InChI=1S/C29H28N4O2/c1-35-27(22-11-6-3-7-12-22)29(34)33-18-8-13-24(20-33)26-25(21-9-4-2-5-10-21)19-31-28(32-26)23-14-16-30-17-15-23/h2-7,9-12,14-17,19,24,27H,8,13,18,20H2,1H3/t24-,27+/m1/s1. The monoisotopic (exact) mass is 464 g/mol. The quantitative estimate of drug-likeness (QED) is 0.387. The molecule has 0 radical (unpaired) electrons. The van der Waals surface area contributed by atoms with Crippen LogP contribution in [0.5, 0.6) is 0 Å². The number of benzene rings is 2. The lowest BCUT2D eigenvalue weighted by molar-refractivity contribution is -0.143. The minimum Gasteiger partial charge on any atom is -0.367 e. The third-order valence-corrected chi connectivity index (χ3v) is 6.52. The first-order valence-corrected chi connectivity index (χ1v) is 11.9. The first kappa shape index (κ1) is 22.9. The predicted molar refractivity (Wildman–Crippen MR) is 135 cm³/mol. The molecule has 1 fully saturated rings. The van der Waals surface area contributed by atoms with Gasteiger partial charge in [0.05, 0.1) is 5.69 Å². The zero-order valence-electron chi connectivity index (χ0n) is 19.7. The summed E-state index contributed by atoms with van der Waals surface area (Å²) in [6.07, 6.45) is 6.67. The molecule has 0 N–H and O–H groups in total. The van der Waals surface area contributed by atoms with E-state index in [9.17, 15) is 4.79 Å². The summed E-state index contributed by atoms with van der Waals surface area (Å²) in [7, 11) is 1.59. The zero-order chi connectivity index (χ0) is 24.0. The Hall–Kier alpha value is -3.90. The van der Waals surface area contributed by atoms with Crippen molar-refractivity contribution in [3.05, 3.63) is 103 Å². The lowest BCUT2D eigenvalue weighted by Crippen LogP contribution is -2.42. The van der Waals surface area contributed by atoms with E-state index in [0.717, 1.165) is 40.8 Å². The molecule has 3 heterocycles. The molecule has 0 aliphatic carbocycles. The van der Waals surface area contributed by atoms with Gasteiger partial charge in [-0.25, -0.2) is 9.97 Å². The van der Waals surface area contributed by atoms with Crippen LogP contribution in [0.25, 0.3) is 22.5 Å². The van der Waals surface area contributed by atoms with Crippen molar-refractivity contribution >= 4 is 5.91 Å². The van der Waals surface area contributed by atoms with Crippen LogP contribution in [0.15, 0.2) is 91.4 Å². The summed E-state index contributed by atoms with van der Waals surface area (Å²) < 4.78 is 5.64. The average molecular weight is 465 g/mol. The molecule has 35 heavy (non-hydrogen) atoms. The Morgan fingerprint density at radius 1 is 0.971 bits per heavy atom. The topological polar surface area (TPSA) is 68.2 Å². The highest BCUT2D eigenvalue weighted by Gasteiger charge is 2.32. The van der Waals surface area contributed by atoms with Crippen LogP contribution < -0.4 is 0 Å². The predicted octanol–water partition coefficient (Wildman–Crippen LogP) is 5.30. The van der Waals surface area contributed by atoms with Crippen molar-refractivity contribution in [1.82, 2.24) is 19.9 Å². The number of hydrogen-bond donors (Lipinski definition) is 0. The number of carbonyl (C=O) groups excluding carboxylic acids is 1. The van der Waals surface area contributed by atoms with Gasteiger partial charge in [-0.1, -0.05) is 60.7 Å². The molecule has 2 aromatic carbocycles. The van der Waals surface area contributed by atoms with Gasteiger partial charge in [0.25, 0.3) is 5.91 Å². The molecule has 2 aromatic heterocycles. The van der Waals surface area contributed by atoms with Crippen LogP contribution in [0, 0.1) is 0 Å². The fraction of sp³-hybridized carbons (Fsp3) is 0.241. The number of rotatable bonds is 6. The Labute approximate surface area is 205 Å². The van der Waals surface area contributed by atoms with Gasteiger partial charge in [-0.05, 0) is 36.1 Å². The summed E-state index contributed by atoms with van der Waals surface area (Å²) in [4.78, 5) is 29.3. The largest absolute Gasteiger partial charge is 0.367 e. The van der Waals surface area contributed by atoms with Gasteiger partial charge in [0, 0.05) is 55.8 Å². The number of nitrogens with zero attached hydrogens (tertiary/aromatic N) is 4. The van der Waals surface area contributed by atoms with Gasteiger partial charge in [0.15, 0.2) is 11.9 Å². The van der Waals surface area contributed by atoms with Crippen molar-refractivity contribution in [3.63, 3.8) is 0 Å². The van der Waals surface area contributed by atoms with Gasteiger partial charge in [-0.2, -0.15) is 0 Å². The number of piperidine rings is 1. The molecule has 5 rings (SSSR count). The lowest BCUT2D eigenvalue weighted by atomic mass is 9.89. The molecule has 1 amide bonds. The van der Waals surface area contributed by atoms with E-state index in [1.807, 2.05) is 71.8 Å². The number of carbonyl (C=O) groups is 1. The Morgan fingerprint density at radius 2 is 1.69 bits per heavy atom. The Balaban J connectivity index is 1.48. The summed E-state index contributed by atoms with van der Waals surface area (Å²) in [5.41, 5.74) is 4.85. The lowest BCUT2D eigenvalue weighted by Gasteiger charge is -2.35. The van der Waals surface area contributed by atoms with Crippen LogP contribution in [-0.4, -0.2) is 46.0 Å². The van der Waals surface area contributed by atoms with Gasteiger partial charge < -0.3 is 9.64 Å². The van der Waals surface area contributed by atoms with E-state index in [0.29, 0.717) is 18.9 Å². The van der Waals surface area contributed by atoms with Crippen LogP contribution in [0.2, 0.25) is 0 Å². The molecular formula is C29H28N4O2. The van der Waals surface area contributed by atoms with Crippen LogP contribution in [-0.2, 0) is 9.53 Å². The summed E-state index contributed by atoms with van der Waals surface area (Å²) in [6, 6.07) is 23.7. The highest BCUT2D eigenvalue weighted by molar-refractivity contribution is 5.82. The molecule has 0 saturated carbocycles. The molecule has 1 aliphatic heterocycles. The number of methoxy groups -OCH3 is 1. The molecule has 0 bridgehead atoms. The second kappa shape index (κ2) is 10.6. The van der Waals surface area contributed by atoms with Crippen LogP contribution >= 0.6 is 0 Å². The smallest absolute Gasteiger partial charge is 0.256 e. The summed E-state index contributed by atoms with van der Waals surface area (Å²) in [6.45, 7) is 1.31. The van der Waals surface area contributed by atoms with Crippen molar-refractivity contribution in [2.24, 2.45) is 0 Å². The van der Waals surface area contributed by atoms with Gasteiger partial charge in [-0.3, -0.25) is 9.78 Å². The summed E-state index contributed by atoms with van der Waals surface area (Å²) in [5, 5.41) is 0. The molecule has 1 saturated heterocycles. The Bertz CT molecular complexity index is 1270. The van der Waals surface area contributed by atoms with E-state index in [1.165, 1.54) is 0 Å². The molecule has 2 atom stereocenters. The summed E-state index contributed by atoms with van der Waals surface area (Å²) in [5.74, 6) is 0.762. The van der Waals surface area contributed by atoms with E-state index in [4.69, 9.17) is 9.72 Å². The number of pyridine rings is 1. The van der Waals surface area contributed by atoms with Gasteiger partial charge in [0.1, 0.15) is 0 Å². The van der Waals surface area contributed by atoms with Gasteiger partial charge in [0.2, 0.25) is 0 Å². The first-order valence-electron chi connectivity index (χ1n) is 11.9. The maximum absolute atomic E-state index is 13.5. The number of aromatic nitrogens is 3. The SMILES string of the molecule is CO[C@H](C(=O)N1CCC[C@@H](c2nc(-c3ccncc3)ncc2-c2ccccc2)C1)c1ccccc1. The van der Waals surface area contributed by atoms with Gasteiger partial charge >= 0.3 is 0 Å². The van der Waals surface area contributed by atoms with Crippen LogP contribution in [0.4, 0.5) is 0 Å². The normalized spacial score (nSPS) is 16.6. The Kier molecular flexibility index (Phi) is 6.91. The second-order valence-electron chi connectivity index (χ2n) is 8.74.